The number of hydrogen-bond donors (Lipinski definition) is 0. The Kier molecular flexibility index (Phi) is 7.28. The molecule has 2 nitrogen and oxygen atoms in total. The van der Waals surface area contributed by atoms with Crippen molar-refractivity contribution in [3.63, 3.8) is 0 Å². The predicted molar refractivity (Wildman–Crippen MR) is 68.7 cm³/mol. The van der Waals surface area contributed by atoms with Crippen LogP contribution in [0.1, 0.15) is 30.6 Å². The number of hydrogen-bond acceptors (Lipinski definition) is 1. The zero-order valence-corrected chi connectivity index (χ0v) is 14.7. The topological polar surface area (TPSA) is 20.3 Å². The molecule has 0 bridgehead atoms. The minimum atomic E-state index is -5.07. The third-order valence-electron chi connectivity index (χ3n) is 3.54. The van der Waals surface area contributed by atoms with E-state index in [0.29, 0.717) is 13.1 Å². The molecule has 0 N–H and O–H groups in total. The van der Waals surface area contributed by atoms with Crippen LogP contribution in [0.2, 0.25) is 0 Å². The van der Waals surface area contributed by atoms with Crippen molar-refractivity contribution >= 4 is 12.9 Å². The molecular formula is C13H16BF3KNO. The van der Waals surface area contributed by atoms with Gasteiger partial charge in [0.25, 0.3) is 0 Å². The average molecular weight is 309 g/mol. The zero-order valence-electron chi connectivity index (χ0n) is 11.6. The van der Waals surface area contributed by atoms with Gasteiger partial charge >= 0.3 is 58.4 Å². The molecule has 0 unspecified atom stereocenters. The summed E-state index contributed by atoms with van der Waals surface area (Å²) in [6, 6.07) is 7.70. The van der Waals surface area contributed by atoms with Gasteiger partial charge in [0.15, 0.2) is 0 Å². The maximum absolute atomic E-state index is 13.1. The molecule has 1 fully saturated rings. The van der Waals surface area contributed by atoms with Gasteiger partial charge in [-0.25, -0.2) is 0 Å². The zero-order chi connectivity index (χ0) is 13.9. The van der Waals surface area contributed by atoms with Crippen molar-refractivity contribution in [3.8, 4) is 0 Å². The standard InChI is InChI=1S/C13H16BF3NO.K/c15-14(16,17)12(11-6-2-1-3-7-11)10-13(19)18-8-4-5-9-18;/h1-3,6-7,12H,4-5,8-10H2;/q-1;+1/t12-;/m1./s1. The van der Waals surface area contributed by atoms with Crippen molar-refractivity contribution in [1.29, 1.82) is 0 Å². The second kappa shape index (κ2) is 7.98. The van der Waals surface area contributed by atoms with E-state index in [4.69, 9.17) is 0 Å². The smallest absolute Gasteiger partial charge is 0.448 e. The molecule has 1 aromatic rings. The van der Waals surface area contributed by atoms with E-state index in [9.17, 15) is 17.7 Å². The predicted octanol–water partition coefficient (Wildman–Crippen LogP) is 0.173. The number of likely N-dealkylation sites (tertiary alicyclic amines) is 1. The molecule has 2 rings (SSSR count). The molecule has 0 aliphatic carbocycles. The summed E-state index contributed by atoms with van der Waals surface area (Å²) in [5.74, 6) is -2.03. The summed E-state index contributed by atoms with van der Waals surface area (Å²) in [6.07, 6.45) is 1.31. The molecule has 0 radical (unpaired) electrons. The number of amides is 1. The van der Waals surface area contributed by atoms with Crippen LogP contribution < -0.4 is 51.4 Å². The summed E-state index contributed by atoms with van der Waals surface area (Å²) in [6.45, 7) is -3.89. The fourth-order valence-corrected chi connectivity index (χ4v) is 2.45. The van der Waals surface area contributed by atoms with E-state index in [0.717, 1.165) is 12.8 Å². The molecule has 1 aromatic carbocycles. The maximum Gasteiger partial charge on any atom is 1.00 e. The Bertz CT molecular complexity index is 435. The van der Waals surface area contributed by atoms with Crippen LogP contribution in [0.15, 0.2) is 30.3 Å². The van der Waals surface area contributed by atoms with E-state index in [1.54, 1.807) is 18.2 Å². The van der Waals surface area contributed by atoms with Crippen molar-refractivity contribution in [1.82, 2.24) is 4.90 Å². The van der Waals surface area contributed by atoms with Gasteiger partial charge in [0.2, 0.25) is 5.91 Å². The van der Waals surface area contributed by atoms with Gasteiger partial charge in [-0.15, -0.1) is 0 Å². The molecule has 1 amide bonds. The Labute approximate surface area is 159 Å². The number of benzene rings is 1. The van der Waals surface area contributed by atoms with Crippen LogP contribution in [-0.2, 0) is 4.79 Å². The average Bonchev–Trinajstić information content (AvgIpc) is 2.89. The van der Waals surface area contributed by atoms with Gasteiger partial charge in [-0.2, -0.15) is 0 Å². The minimum absolute atomic E-state index is 0. The van der Waals surface area contributed by atoms with E-state index in [1.165, 1.54) is 17.0 Å². The molecule has 0 saturated carbocycles. The van der Waals surface area contributed by atoms with Gasteiger partial charge in [-0.05, 0) is 18.7 Å². The van der Waals surface area contributed by atoms with Crippen molar-refractivity contribution in [3.05, 3.63) is 35.9 Å². The molecule has 1 atom stereocenters. The monoisotopic (exact) mass is 309 g/mol. The Morgan fingerprint density at radius 3 is 2.20 bits per heavy atom. The molecule has 0 aromatic heterocycles. The number of carbonyl (C=O) groups is 1. The van der Waals surface area contributed by atoms with E-state index in [1.807, 2.05) is 0 Å². The third-order valence-corrected chi connectivity index (χ3v) is 3.54. The van der Waals surface area contributed by atoms with Gasteiger partial charge < -0.3 is 17.8 Å². The number of carbonyl (C=O) groups excluding carboxylic acids is 1. The Hall–Kier alpha value is 0.181. The number of halogens is 3. The summed E-state index contributed by atoms with van der Waals surface area (Å²) in [5.41, 5.74) is 0.183. The van der Waals surface area contributed by atoms with Gasteiger partial charge in [-0.1, -0.05) is 35.9 Å². The van der Waals surface area contributed by atoms with Crippen LogP contribution >= 0.6 is 0 Å². The molecule has 7 heteroatoms. The Morgan fingerprint density at radius 1 is 1.15 bits per heavy atom. The van der Waals surface area contributed by atoms with Crippen molar-refractivity contribution in [2.75, 3.05) is 13.1 Å². The van der Waals surface area contributed by atoms with Crippen molar-refractivity contribution in [2.45, 2.75) is 25.1 Å². The first-order chi connectivity index (χ1) is 8.98. The van der Waals surface area contributed by atoms with Crippen molar-refractivity contribution < 1.29 is 69.1 Å². The fraction of sp³-hybridized carbons (Fsp3) is 0.462. The van der Waals surface area contributed by atoms with Crippen LogP contribution in [-0.4, -0.2) is 30.9 Å². The summed E-state index contributed by atoms with van der Waals surface area (Å²) in [5, 5.41) is 0. The van der Waals surface area contributed by atoms with Gasteiger partial charge in [-0.3, -0.25) is 4.79 Å². The number of nitrogens with zero attached hydrogens (tertiary/aromatic N) is 1. The summed E-state index contributed by atoms with van der Waals surface area (Å²) in [7, 11) is 0. The Morgan fingerprint density at radius 2 is 1.70 bits per heavy atom. The minimum Gasteiger partial charge on any atom is -0.448 e. The first kappa shape index (κ1) is 18.2. The maximum atomic E-state index is 13.1. The molecule has 0 spiro atoms. The first-order valence-corrected chi connectivity index (χ1v) is 6.51. The SMILES string of the molecule is O=C(C[C@H](c1ccccc1)[B-](F)(F)F)N1CCCC1.[K+]. The van der Waals surface area contributed by atoms with E-state index >= 15 is 0 Å². The van der Waals surface area contributed by atoms with Gasteiger partial charge in [0.05, 0.1) is 0 Å². The van der Waals surface area contributed by atoms with Crippen LogP contribution in [0.5, 0.6) is 0 Å². The van der Waals surface area contributed by atoms with Crippen LogP contribution in [0.4, 0.5) is 12.9 Å². The largest absolute Gasteiger partial charge is 1.00 e. The number of rotatable bonds is 4. The van der Waals surface area contributed by atoms with Crippen LogP contribution in [0.3, 0.4) is 0 Å². The van der Waals surface area contributed by atoms with E-state index in [2.05, 4.69) is 0 Å². The molecular weight excluding hydrogens is 293 g/mol. The Balaban J connectivity index is 0.00000200. The van der Waals surface area contributed by atoms with E-state index in [-0.39, 0.29) is 62.9 Å². The first-order valence-electron chi connectivity index (χ1n) is 6.51. The van der Waals surface area contributed by atoms with Crippen LogP contribution in [0, 0.1) is 0 Å². The van der Waals surface area contributed by atoms with Gasteiger partial charge in [0.1, 0.15) is 0 Å². The molecule has 20 heavy (non-hydrogen) atoms. The van der Waals surface area contributed by atoms with Gasteiger partial charge in [0, 0.05) is 19.5 Å². The summed E-state index contributed by atoms with van der Waals surface area (Å²) >= 11 is 0. The second-order valence-electron chi connectivity index (χ2n) is 4.93. The van der Waals surface area contributed by atoms with E-state index < -0.39 is 19.2 Å². The molecule has 104 valence electrons. The summed E-state index contributed by atoms with van der Waals surface area (Å²) < 4.78 is 39.4. The quantitative estimate of drug-likeness (QED) is 0.726. The fourth-order valence-electron chi connectivity index (χ4n) is 2.45. The third kappa shape index (κ3) is 4.87. The molecule has 1 aliphatic heterocycles. The summed E-state index contributed by atoms with van der Waals surface area (Å²) in [4.78, 5) is 13.5. The molecule has 1 saturated heterocycles. The van der Waals surface area contributed by atoms with Crippen molar-refractivity contribution in [2.24, 2.45) is 0 Å². The normalized spacial score (nSPS) is 16.6. The molecule has 1 heterocycles. The van der Waals surface area contributed by atoms with Crippen LogP contribution in [0.25, 0.3) is 0 Å². The molecule has 1 aliphatic rings. The second-order valence-corrected chi connectivity index (χ2v) is 4.93.